The molecule has 0 amide bonds. The number of carbonyl (C=O) groups is 1. The number of hydrogen-bond donors (Lipinski definition) is 2. The van der Waals surface area contributed by atoms with Crippen molar-refractivity contribution in [3.63, 3.8) is 0 Å². The highest BCUT2D eigenvalue weighted by Gasteiger charge is 2.29. The number of anilines is 2. The lowest BCUT2D eigenvalue weighted by Gasteiger charge is -2.29. The van der Waals surface area contributed by atoms with E-state index in [1.54, 1.807) is 12.1 Å². The van der Waals surface area contributed by atoms with Crippen LogP contribution in [0.4, 0.5) is 15.9 Å². The van der Waals surface area contributed by atoms with E-state index in [1.807, 2.05) is 19.1 Å². The first-order chi connectivity index (χ1) is 15.0. The number of hydrogen-bond acceptors (Lipinski definition) is 7. The number of carbonyl (C=O) groups excluding carboxylic acids is 1. The standard InChI is InChI=1S/C22H22ClFN4O3/c1-12-8-17-14(10-19(12)31-13-6-7-25-18(9-13)22(29)30-2)21(27-11-26-17)28-16-5-3-4-15(23)20(16)24/h3-5,8,10-11,13,18,25H,6-7,9H2,1-2H3,(H,26,27,28). The average molecular weight is 445 g/mol. The zero-order valence-corrected chi connectivity index (χ0v) is 17.9. The molecule has 3 aromatic rings. The van der Waals surface area contributed by atoms with E-state index in [9.17, 15) is 9.18 Å². The summed E-state index contributed by atoms with van der Waals surface area (Å²) in [5, 5.41) is 6.85. The molecule has 0 aliphatic carbocycles. The number of methoxy groups -OCH3 is 1. The Morgan fingerprint density at radius 2 is 2.16 bits per heavy atom. The number of esters is 1. The van der Waals surface area contributed by atoms with Crippen molar-refractivity contribution in [3.8, 4) is 5.75 Å². The Hall–Kier alpha value is -2.97. The Kier molecular flexibility index (Phi) is 6.20. The van der Waals surface area contributed by atoms with Crippen LogP contribution in [0.25, 0.3) is 10.9 Å². The van der Waals surface area contributed by atoms with E-state index in [4.69, 9.17) is 21.1 Å². The molecule has 2 aromatic carbocycles. The predicted molar refractivity (Wildman–Crippen MR) is 116 cm³/mol. The highest BCUT2D eigenvalue weighted by atomic mass is 35.5. The second kappa shape index (κ2) is 9.03. The van der Waals surface area contributed by atoms with Crippen molar-refractivity contribution in [2.75, 3.05) is 19.0 Å². The summed E-state index contributed by atoms with van der Waals surface area (Å²) in [7, 11) is 1.37. The first-order valence-electron chi connectivity index (χ1n) is 9.90. The SMILES string of the molecule is COC(=O)C1CC(Oc2cc3c(Nc4cccc(Cl)c4F)ncnc3cc2C)CCN1. The highest BCUT2D eigenvalue weighted by molar-refractivity contribution is 6.31. The van der Waals surface area contributed by atoms with Gasteiger partial charge in [0, 0.05) is 11.8 Å². The van der Waals surface area contributed by atoms with Crippen LogP contribution in [-0.4, -0.2) is 41.7 Å². The summed E-state index contributed by atoms with van der Waals surface area (Å²) in [5.74, 6) is 0.247. The van der Waals surface area contributed by atoms with Gasteiger partial charge < -0.3 is 20.1 Å². The highest BCUT2D eigenvalue weighted by Crippen LogP contribution is 2.32. The molecule has 7 nitrogen and oxygen atoms in total. The summed E-state index contributed by atoms with van der Waals surface area (Å²) >= 11 is 5.89. The molecule has 1 aliphatic rings. The van der Waals surface area contributed by atoms with Gasteiger partial charge >= 0.3 is 5.97 Å². The van der Waals surface area contributed by atoms with Crippen molar-refractivity contribution in [2.24, 2.45) is 0 Å². The van der Waals surface area contributed by atoms with Crippen LogP contribution in [0.1, 0.15) is 18.4 Å². The molecular weight excluding hydrogens is 423 g/mol. The monoisotopic (exact) mass is 444 g/mol. The molecule has 1 aliphatic heterocycles. The number of benzene rings is 2. The number of nitrogens with one attached hydrogen (secondary N) is 2. The zero-order valence-electron chi connectivity index (χ0n) is 17.1. The molecule has 9 heteroatoms. The molecule has 1 saturated heterocycles. The fourth-order valence-electron chi connectivity index (χ4n) is 3.63. The number of rotatable bonds is 5. The molecule has 2 N–H and O–H groups in total. The number of nitrogens with zero attached hydrogens (tertiary/aromatic N) is 2. The second-order valence-electron chi connectivity index (χ2n) is 7.38. The summed E-state index contributed by atoms with van der Waals surface area (Å²) < 4.78 is 25.4. The van der Waals surface area contributed by atoms with E-state index in [0.29, 0.717) is 35.4 Å². The molecule has 4 rings (SSSR count). The Morgan fingerprint density at radius 1 is 1.32 bits per heavy atom. The number of halogens is 2. The normalized spacial score (nSPS) is 18.6. The van der Waals surface area contributed by atoms with E-state index in [2.05, 4.69) is 20.6 Å². The molecule has 0 radical (unpaired) electrons. The van der Waals surface area contributed by atoms with E-state index >= 15 is 0 Å². The van der Waals surface area contributed by atoms with Gasteiger partial charge in [0.15, 0.2) is 5.82 Å². The van der Waals surface area contributed by atoms with Gasteiger partial charge in [-0.15, -0.1) is 0 Å². The summed E-state index contributed by atoms with van der Waals surface area (Å²) in [6.07, 6.45) is 2.54. The van der Waals surface area contributed by atoms with Crippen LogP contribution in [0.15, 0.2) is 36.7 Å². The average Bonchev–Trinajstić information content (AvgIpc) is 2.77. The van der Waals surface area contributed by atoms with Crippen LogP contribution >= 0.6 is 11.6 Å². The molecule has 2 atom stereocenters. The maximum Gasteiger partial charge on any atom is 0.322 e. The van der Waals surface area contributed by atoms with Gasteiger partial charge in [-0.3, -0.25) is 4.79 Å². The maximum absolute atomic E-state index is 14.4. The van der Waals surface area contributed by atoms with Crippen molar-refractivity contribution in [3.05, 3.63) is 53.1 Å². The summed E-state index contributed by atoms with van der Waals surface area (Å²) in [5.41, 5.74) is 1.82. The Bertz CT molecular complexity index is 1130. The lowest BCUT2D eigenvalue weighted by molar-refractivity contribution is -0.144. The molecular formula is C22H22ClFN4O3. The Balaban J connectivity index is 1.63. The van der Waals surface area contributed by atoms with Gasteiger partial charge in [0.25, 0.3) is 0 Å². The van der Waals surface area contributed by atoms with Gasteiger partial charge in [0.05, 0.1) is 23.3 Å². The fourth-order valence-corrected chi connectivity index (χ4v) is 3.81. The number of aryl methyl sites for hydroxylation is 1. The van der Waals surface area contributed by atoms with Crippen LogP contribution in [0.5, 0.6) is 5.75 Å². The molecule has 1 aromatic heterocycles. The molecule has 1 fully saturated rings. The van der Waals surface area contributed by atoms with Gasteiger partial charge in [-0.25, -0.2) is 14.4 Å². The first kappa shape index (κ1) is 21.3. The van der Waals surface area contributed by atoms with Crippen LogP contribution in [0.3, 0.4) is 0 Å². The molecule has 0 bridgehead atoms. The summed E-state index contributed by atoms with van der Waals surface area (Å²) in [6.45, 7) is 2.58. The van der Waals surface area contributed by atoms with Crippen LogP contribution < -0.4 is 15.4 Å². The van der Waals surface area contributed by atoms with E-state index in [-0.39, 0.29) is 22.8 Å². The lowest BCUT2D eigenvalue weighted by atomic mass is 10.0. The molecule has 31 heavy (non-hydrogen) atoms. The van der Waals surface area contributed by atoms with Crippen LogP contribution in [0, 0.1) is 12.7 Å². The molecule has 2 unspecified atom stereocenters. The quantitative estimate of drug-likeness (QED) is 0.572. The predicted octanol–water partition coefficient (Wildman–Crippen LogP) is 4.15. The fraction of sp³-hybridized carbons (Fsp3) is 0.318. The maximum atomic E-state index is 14.4. The van der Waals surface area contributed by atoms with Gasteiger partial charge in [-0.1, -0.05) is 17.7 Å². The number of fused-ring (bicyclic) bond motifs is 1. The zero-order chi connectivity index (χ0) is 22.0. The van der Waals surface area contributed by atoms with E-state index in [1.165, 1.54) is 19.5 Å². The minimum absolute atomic E-state index is 0.0225. The molecule has 2 heterocycles. The Labute approximate surface area is 183 Å². The van der Waals surface area contributed by atoms with E-state index < -0.39 is 11.9 Å². The minimum Gasteiger partial charge on any atom is -0.490 e. The Morgan fingerprint density at radius 3 is 2.97 bits per heavy atom. The van der Waals surface area contributed by atoms with Crippen molar-refractivity contribution in [1.82, 2.24) is 15.3 Å². The number of ether oxygens (including phenoxy) is 2. The van der Waals surface area contributed by atoms with Gasteiger partial charge in [-0.05, 0) is 49.7 Å². The molecule has 0 saturated carbocycles. The number of aromatic nitrogens is 2. The number of piperidine rings is 1. The largest absolute Gasteiger partial charge is 0.490 e. The van der Waals surface area contributed by atoms with Gasteiger partial charge in [0.2, 0.25) is 0 Å². The van der Waals surface area contributed by atoms with Gasteiger partial charge in [-0.2, -0.15) is 0 Å². The second-order valence-corrected chi connectivity index (χ2v) is 7.78. The minimum atomic E-state index is -0.553. The summed E-state index contributed by atoms with van der Waals surface area (Å²) in [6, 6.07) is 8.06. The third-order valence-electron chi connectivity index (χ3n) is 5.27. The third kappa shape index (κ3) is 4.55. The van der Waals surface area contributed by atoms with Crippen molar-refractivity contribution < 1.29 is 18.7 Å². The van der Waals surface area contributed by atoms with Crippen LogP contribution in [0.2, 0.25) is 5.02 Å². The topological polar surface area (TPSA) is 85.4 Å². The smallest absolute Gasteiger partial charge is 0.322 e. The first-order valence-corrected chi connectivity index (χ1v) is 10.3. The summed E-state index contributed by atoms with van der Waals surface area (Å²) in [4.78, 5) is 20.5. The van der Waals surface area contributed by atoms with Crippen molar-refractivity contribution in [2.45, 2.75) is 31.9 Å². The van der Waals surface area contributed by atoms with E-state index in [0.717, 1.165) is 12.0 Å². The van der Waals surface area contributed by atoms with Crippen LogP contribution in [-0.2, 0) is 9.53 Å². The molecule has 162 valence electrons. The van der Waals surface area contributed by atoms with Crippen molar-refractivity contribution >= 4 is 40.0 Å². The molecule has 0 spiro atoms. The lowest BCUT2D eigenvalue weighted by Crippen LogP contribution is -2.47. The van der Waals surface area contributed by atoms with Crippen molar-refractivity contribution in [1.29, 1.82) is 0 Å². The van der Waals surface area contributed by atoms with Gasteiger partial charge in [0.1, 0.15) is 30.0 Å². The third-order valence-corrected chi connectivity index (χ3v) is 5.56.